The molecule has 0 amide bonds. The molecule has 0 aromatic carbocycles. The predicted octanol–water partition coefficient (Wildman–Crippen LogP) is 0.350. The maximum Gasteiger partial charge on any atom is 0.0701 e. The molecule has 0 aromatic rings. The smallest absolute Gasteiger partial charge is 0.0701 e. The first-order valence-electron chi connectivity index (χ1n) is 6.97. The second-order valence-electron chi connectivity index (χ2n) is 4.58. The minimum atomic E-state index is 0.649. The Hall–Kier alpha value is -0.200. The number of nitrogens with zero attached hydrogens (tertiary/aromatic N) is 1. The van der Waals surface area contributed by atoms with E-state index in [1.165, 1.54) is 6.42 Å². The molecular weight excluding hydrogens is 232 g/mol. The van der Waals surface area contributed by atoms with E-state index in [-0.39, 0.29) is 0 Å². The summed E-state index contributed by atoms with van der Waals surface area (Å²) < 4.78 is 15.8. The molecule has 1 rings (SSSR count). The molecule has 5 nitrogen and oxygen atoms in total. The molecule has 108 valence electrons. The number of hydrogen-bond acceptors (Lipinski definition) is 5. The van der Waals surface area contributed by atoms with E-state index in [4.69, 9.17) is 14.2 Å². The summed E-state index contributed by atoms with van der Waals surface area (Å²) in [5.74, 6) is 0. The second kappa shape index (κ2) is 10.7. The Morgan fingerprint density at radius 3 is 2.56 bits per heavy atom. The summed E-state index contributed by atoms with van der Waals surface area (Å²) in [4.78, 5) is 2.47. The van der Waals surface area contributed by atoms with Crippen molar-refractivity contribution in [1.29, 1.82) is 0 Å². The van der Waals surface area contributed by atoms with E-state index in [9.17, 15) is 0 Å². The molecule has 1 N–H and O–H groups in total. The predicted molar refractivity (Wildman–Crippen MR) is 72.0 cm³/mol. The van der Waals surface area contributed by atoms with Crippen molar-refractivity contribution in [3.05, 3.63) is 0 Å². The van der Waals surface area contributed by atoms with Gasteiger partial charge in [0, 0.05) is 39.3 Å². The second-order valence-corrected chi connectivity index (χ2v) is 4.58. The van der Waals surface area contributed by atoms with Crippen molar-refractivity contribution in [3.8, 4) is 0 Å². The van der Waals surface area contributed by atoms with Crippen molar-refractivity contribution in [3.63, 3.8) is 0 Å². The number of piperazine rings is 1. The Morgan fingerprint density at radius 1 is 1.11 bits per heavy atom. The molecule has 0 radical (unpaired) electrons. The van der Waals surface area contributed by atoms with Gasteiger partial charge < -0.3 is 19.5 Å². The average molecular weight is 260 g/mol. The van der Waals surface area contributed by atoms with Crippen LogP contribution < -0.4 is 5.32 Å². The first-order chi connectivity index (χ1) is 8.86. The topological polar surface area (TPSA) is 43.0 Å². The first kappa shape index (κ1) is 15.9. The molecule has 1 unspecified atom stereocenters. The van der Waals surface area contributed by atoms with Gasteiger partial charge in [-0.15, -0.1) is 0 Å². The molecule has 0 saturated carbocycles. The lowest BCUT2D eigenvalue weighted by atomic mass is 10.1. The largest absolute Gasteiger partial charge is 0.382 e. The zero-order chi connectivity index (χ0) is 13.1. The summed E-state index contributed by atoms with van der Waals surface area (Å²) in [5, 5.41) is 3.51. The van der Waals surface area contributed by atoms with Gasteiger partial charge >= 0.3 is 0 Å². The molecule has 18 heavy (non-hydrogen) atoms. The van der Waals surface area contributed by atoms with Crippen LogP contribution in [0.3, 0.4) is 0 Å². The standard InChI is InChI=1S/C13H28N2O3/c1-3-13-12-15(5-4-14-13)6-7-17-10-11-18-9-8-16-2/h13-14H,3-12H2,1-2H3. The van der Waals surface area contributed by atoms with Crippen molar-refractivity contribution in [2.24, 2.45) is 0 Å². The van der Waals surface area contributed by atoms with Crippen LogP contribution in [0.1, 0.15) is 13.3 Å². The zero-order valence-electron chi connectivity index (χ0n) is 11.8. The van der Waals surface area contributed by atoms with Crippen LogP contribution in [0.25, 0.3) is 0 Å². The van der Waals surface area contributed by atoms with Gasteiger partial charge in [0.25, 0.3) is 0 Å². The lowest BCUT2D eigenvalue weighted by Crippen LogP contribution is -2.51. The third-order valence-corrected chi connectivity index (χ3v) is 3.19. The minimum Gasteiger partial charge on any atom is -0.382 e. The van der Waals surface area contributed by atoms with E-state index in [0.717, 1.165) is 32.8 Å². The van der Waals surface area contributed by atoms with E-state index < -0.39 is 0 Å². The number of nitrogens with one attached hydrogen (secondary N) is 1. The fourth-order valence-corrected chi connectivity index (χ4v) is 2.03. The van der Waals surface area contributed by atoms with Crippen molar-refractivity contribution in [1.82, 2.24) is 10.2 Å². The van der Waals surface area contributed by atoms with Gasteiger partial charge in [-0.05, 0) is 6.42 Å². The number of rotatable bonds is 10. The van der Waals surface area contributed by atoms with E-state index in [1.54, 1.807) is 7.11 Å². The molecule has 1 saturated heterocycles. The first-order valence-corrected chi connectivity index (χ1v) is 6.97. The monoisotopic (exact) mass is 260 g/mol. The van der Waals surface area contributed by atoms with Crippen LogP contribution in [0.2, 0.25) is 0 Å². The molecule has 1 atom stereocenters. The van der Waals surface area contributed by atoms with Gasteiger partial charge in [0.2, 0.25) is 0 Å². The number of methoxy groups -OCH3 is 1. The van der Waals surface area contributed by atoms with Gasteiger partial charge in [0.15, 0.2) is 0 Å². The fraction of sp³-hybridized carbons (Fsp3) is 1.00. The average Bonchev–Trinajstić information content (AvgIpc) is 2.42. The quantitative estimate of drug-likeness (QED) is 0.574. The number of ether oxygens (including phenoxy) is 3. The lowest BCUT2D eigenvalue weighted by Gasteiger charge is -2.33. The van der Waals surface area contributed by atoms with E-state index >= 15 is 0 Å². The molecule has 0 aliphatic carbocycles. The fourth-order valence-electron chi connectivity index (χ4n) is 2.03. The highest BCUT2D eigenvalue weighted by Crippen LogP contribution is 2.01. The van der Waals surface area contributed by atoms with E-state index in [0.29, 0.717) is 32.5 Å². The van der Waals surface area contributed by atoms with Crippen LogP contribution in [-0.4, -0.2) is 77.3 Å². The van der Waals surface area contributed by atoms with Gasteiger partial charge in [-0.25, -0.2) is 0 Å². The molecule has 1 fully saturated rings. The highest BCUT2D eigenvalue weighted by Gasteiger charge is 2.16. The Labute approximate surface area is 111 Å². The van der Waals surface area contributed by atoms with Crippen molar-refractivity contribution in [2.45, 2.75) is 19.4 Å². The molecule has 1 aliphatic heterocycles. The summed E-state index contributed by atoms with van der Waals surface area (Å²) in [5.41, 5.74) is 0. The van der Waals surface area contributed by atoms with Crippen LogP contribution in [0.4, 0.5) is 0 Å². The number of hydrogen-bond donors (Lipinski definition) is 1. The van der Waals surface area contributed by atoms with Gasteiger partial charge in [-0.2, -0.15) is 0 Å². The Morgan fingerprint density at radius 2 is 1.83 bits per heavy atom. The van der Waals surface area contributed by atoms with Gasteiger partial charge in [0.05, 0.1) is 33.0 Å². The molecular formula is C13H28N2O3. The third-order valence-electron chi connectivity index (χ3n) is 3.19. The van der Waals surface area contributed by atoms with Gasteiger partial charge in [-0.1, -0.05) is 6.92 Å². The molecule has 1 aliphatic rings. The third kappa shape index (κ3) is 7.28. The summed E-state index contributed by atoms with van der Waals surface area (Å²) in [6, 6.07) is 0.649. The van der Waals surface area contributed by atoms with Crippen LogP contribution in [-0.2, 0) is 14.2 Å². The summed E-state index contributed by atoms with van der Waals surface area (Å²) in [7, 11) is 1.68. The molecule has 0 bridgehead atoms. The van der Waals surface area contributed by atoms with Crippen LogP contribution in [0.5, 0.6) is 0 Å². The van der Waals surface area contributed by atoms with E-state index in [1.807, 2.05) is 0 Å². The zero-order valence-corrected chi connectivity index (χ0v) is 11.8. The van der Waals surface area contributed by atoms with Gasteiger partial charge in [0.1, 0.15) is 0 Å². The van der Waals surface area contributed by atoms with Crippen molar-refractivity contribution >= 4 is 0 Å². The van der Waals surface area contributed by atoms with Gasteiger partial charge in [-0.3, -0.25) is 4.90 Å². The highest BCUT2D eigenvalue weighted by atomic mass is 16.5. The van der Waals surface area contributed by atoms with Crippen LogP contribution in [0.15, 0.2) is 0 Å². The maximum absolute atomic E-state index is 5.56. The van der Waals surface area contributed by atoms with Crippen LogP contribution >= 0.6 is 0 Å². The Balaban J connectivity index is 1.88. The van der Waals surface area contributed by atoms with E-state index in [2.05, 4.69) is 17.1 Å². The van der Waals surface area contributed by atoms with Crippen LogP contribution in [0, 0.1) is 0 Å². The highest BCUT2D eigenvalue weighted by molar-refractivity contribution is 4.76. The summed E-state index contributed by atoms with van der Waals surface area (Å²) in [6.07, 6.45) is 1.20. The Bertz CT molecular complexity index is 193. The summed E-state index contributed by atoms with van der Waals surface area (Å²) >= 11 is 0. The normalized spacial score (nSPS) is 21.3. The minimum absolute atomic E-state index is 0.649. The van der Waals surface area contributed by atoms with Crippen molar-refractivity contribution < 1.29 is 14.2 Å². The maximum atomic E-state index is 5.56. The molecule has 0 spiro atoms. The summed E-state index contributed by atoms with van der Waals surface area (Å²) in [6.45, 7) is 10.0. The van der Waals surface area contributed by atoms with Crippen molar-refractivity contribution in [2.75, 3.05) is 66.3 Å². The lowest BCUT2D eigenvalue weighted by molar-refractivity contribution is 0.0177. The molecule has 1 heterocycles. The molecule has 0 aromatic heterocycles. The molecule has 5 heteroatoms. The SMILES string of the molecule is CCC1CN(CCOCCOCCOC)CCN1. The Kier molecular flexibility index (Phi) is 9.42.